The molecule has 1 heterocycles. The quantitative estimate of drug-likeness (QED) is 0.770. The standard InChI is InChI=1S/C12H21NS/c1-2-10-6-11(10)12(3-1)13-7-9-4-5-14-8-9/h9-13H,1-8H2. The first kappa shape index (κ1) is 9.53. The lowest BCUT2D eigenvalue weighted by atomic mass is 9.95. The molecule has 0 aromatic rings. The van der Waals surface area contributed by atoms with E-state index in [0.717, 1.165) is 23.8 Å². The van der Waals surface area contributed by atoms with Crippen LogP contribution in [0.25, 0.3) is 0 Å². The van der Waals surface area contributed by atoms with Crippen LogP contribution in [0.2, 0.25) is 0 Å². The first-order valence-electron chi connectivity index (χ1n) is 6.24. The second-order valence-corrected chi connectivity index (χ2v) is 6.48. The van der Waals surface area contributed by atoms with Gasteiger partial charge in [-0.05, 0) is 55.1 Å². The lowest BCUT2D eigenvalue weighted by molar-refractivity contribution is 0.337. The topological polar surface area (TPSA) is 12.0 Å². The highest BCUT2D eigenvalue weighted by atomic mass is 32.2. The highest BCUT2D eigenvalue weighted by Crippen LogP contribution is 2.49. The van der Waals surface area contributed by atoms with Crippen molar-refractivity contribution in [2.45, 2.75) is 38.1 Å². The third kappa shape index (κ3) is 1.96. The van der Waals surface area contributed by atoms with Crippen molar-refractivity contribution in [3.63, 3.8) is 0 Å². The van der Waals surface area contributed by atoms with E-state index >= 15 is 0 Å². The third-order valence-corrected chi connectivity index (χ3v) is 5.51. The van der Waals surface area contributed by atoms with Gasteiger partial charge in [-0.3, -0.25) is 0 Å². The minimum atomic E-state index is 0.902. The summed E-state index contributed by atoms with van der Waals surface area (Å²) in [5.41, 5.74) is 0. The Bertz CT molecular complexity index is 200. The third-order valence-electron chi connectivity index (χ3n) is 4.28. The predicted molar refractivity (Wildman–Crippen MR) is 62.7 cm³/mol. The highest BCUT2D eigenvalue weighted by molar-refractivity contribution is 7.99. The van der Waals surface area contributed by atoms with Gasteiger partial charge in [0.15, 0.2) is 0 Å². The molecule has 3 fully saturated rings. The van der Waals surface area contributed by atoms with Crippen LogP contribution in [0.3, 0.4) is 0 Å². The minimum absolute atomic E-state index is 0.902. The molecule has 0 aromatic carbocycles. The van der Waals surface area contributed by atoms with Crippen molar-refractivity contribution in [2.75, 3.05) is 18.1 Å². The number of thioether (sulfide) groups is 1. The first-order chi connectivity index (χ1) is 6.93. The lowest BCUT2D eigenvalue weighted by Gasteiger charge is -2.24. The van der Waals surface area contributed by atoms with Crippen molar-refractivity contribution < 1.29 is 0 Å². The van der Waals surface area contributed by atoms with E-state index in [1.165, 1.54) is 50.2 Å². The van der Waals surface area contributed by atoms with E-state index < -0.39 is 0 Å². The maximum Gasteiger partial charge on any atom is 0.00981 e. The Hall–Kier alpha value is 0.310. The summed E-state index contributed by atoms with van der Waals surface area (Å²) in [6.45, 7) is 1.31. The summed E-state index contributed by atoms with van der Waals surface area (Å²) in [7, 11) is 0. The fourth-order valence-corrected chi connectivity index (χ4v) is 4.51. The molecule has 1 N–H and O–H groups in total. The number of rotatable bonds is 3. The van der Waals surface area contributed by atoms with Gasteiger partial charge >= 0.3 is 0 Å². The largest absolute Gasteiger partial charge is 0.313 e. The molecular formula is C12H21NS. The lowest BCUT2D eigenvalue weighted by Crippen LogP contribution is -2.36. The van der Waals surface area contributed by atoms with Crippen molar-refractivity contribution >= 4 is 11.8 Å². The van der Waals surface area contributed by atoms with Crippen LogP contribution in [0, 0.1) is 17.8 Å². The summed E-state index contributed by atoms with van der Waals surface area (Å²) in [5, 5.41) is 3.84. The van der Waals surface area contributed by atoms with Gasteiger partial charge in [0.2, 0.25) is 0 Å². The summed E-state index contributed by atoms with van der Waals surface area (Å²) in [6.07, 6.45) is 7.47. The van der Waals surface area contributed by atoms with E-state index in [-0.39, 0.29) is 0 Å². The van der Waals surface area contributed by atoms with E-state index in [1.807, 2.05) is 0 Å². The Morgan fingerprint density at radius 2 is 2.21 bits per heavy atom. The average molecular weight is 211 g/mol. The zero-order valence-corrected chi connectivity index (χ0v) is 9.69. The van der Waals surface area contributed by atoms with Crippen molar-refractivity contribution in [3.05, 3.63) is 0 Å². The van der Waals surface area contributed by atoms with Crippen molar-refractivity contribution in [1.29, 1.82) is 0 Å². The van der Waals surface area contributed by atoms with Crippen LogP contribution in [-0.2, 0) is 0 Å². The molecule has 0 spiro atoms. The van der Waals surface area contributed by atoms with Crippen LogP contribution in [0.4, 0.5) is 0 Å². The molecule has 1 aliphatic heterocycles. The van der Waals surface area contributed by atoms with E-state index in [4.69, 9.17) is 0 Å². The molecule has 0 aromatic heterocycles. The normalized spacial score (nSPS) is 46.3. The zero-order chi connectivity index (χ0) is 9.38. The SMILES string of the molecule is C1CC2CC2C(NCC2CCSC2)C1. The molecule has 0 radical (unpaired) electrons. The molecule has 3 rings (SSSR count). The second kappa shape index (κ2) is 4.05. The Morgan fingerprint density at radius 1 is 1.21 bits per heavy atom. The molecule has 4 atom stereocenters. The maximum absolute atomic E-state index is 3.84. The molecule has 14 heavy (non-hydrogen) atoms. The number of hydrogen-bond donors (Lipinski definition) is 1. The molecule has 3 aliphatic rings. The Kier molecular flexibility index (Phi) is 2.76. The van der Waals surface area contributed by atoms with Gasteiger partial charge in [0.1, 0.15) is 0 Å². The second-order valence-electron chi connectivity index (χ2n) is 5.33. The minimum Gasteiger partial charge on any atom is -0.313 e. The molecule has 80 valence electrons. The number of fused-ring (bicyclic) bond motifs is 1. The van der Waals surface area contributed by atoms with Gasteiger partial charge in [-0.2, -0.15) is 11.8 Å². The van der Waals surface area contributed by atoms with Crippen molar-refractivity contribution in [2.24, 2.45) is 17.8 Å². The number of nitrogens with one attached hydrogen (secondary N) is 1. The van der Waals surface area contributed by atoms with E-state index in [2.05, 4.69) is 17.1 Å². The zero-order valence-electron chi connectivity index (χ0n) is 8.87. The smallest absolute Gasteiger partial charge is 0.00981 e. The van der Waals surface area contributed by atoms with Gasteiger partial charge in [0.05, 0.1) is 0 Å². The van der Waals surface area contributed by atoms with E-state index in [9.17, 15) is 0 Å². The summed E-state index contributed by atoms with van der Waals surface area (Å²) in [4.78, 5) is 0. The molecule has 2 aliphatic carbocycles. The van der Waals surface area contributed by atoms with Crippen LogP contribution in [0.1, 0.15) is 32.1 Å². The monoisotopic (exact) mass is 211 g/mol. The fourth-order valence-electron chi connectivity index (χ4n) is 3.23. The van der Waals surface area contributed by atoms with Crippen LogP contribution in [0.5, 0.6) is 0 Å². The van der Waals surface area contributed by atoms with Crippen LogP contribution in [0.15, 0.2) is 0 Å². The summed E-state index contributed by atoms with van der Waals surface area (Å²) in [6, 6.07) is 0.902. The van der Waals surface area contributed by atoms with Crippen LogP contribution in [-0.4, -0.2) is 24.1 Å². The summed E-state index contributed by atoms with van der Waals surface area (Å²) >= 11 is 2.14. The van der Waals surface area contributed by atoms with Gasteiger partial charge < -0.3 is 5.32 Å². The molecule has 2 saturated carbocycles. The number of hydrogen-bond acceptors (Lipinski definition) is 2. The van der Waals surface area contributed by atoms with Crippen molar-refractivity contribution in [3.8, 4) is 0 Å². The predicted octanol–water partition coefficient (Wildman–Crippen LogP) is 2.52. The van der Waals surface area contributed by atoms with Gasteiger partial charge in [0.25, 0.3) is 0 Å². The van der Waals surface area contributed by atoms with E-state index in [1.54, 1.807) is 0 Å². The van der Waals surface area contributed by atoms with Gasteiger partial charge in [0, 0.05) is 6.04 Å². The van der Waals surface area contributed by atoms with E-state index in [0.29, 0.717) is 0 Å². The molecule has 2 heteroatoms. The van der Waals surface area contributed by atoms with Gasteiger partial charge in [-0.1, -0.05) is 12.8 Å². The highest BCUT2D eigenvalue weighted by Gasteiger charge is 2.44. The van der Waals surface area contributed by atoms with Crippen LogP contribution >= 0.6 is 11.8 Å². The average Bonchev–Trinajstić information content (AvgIpc) is 2.83. The Morgan fingerprint density at radius 3 is 3.07 bits per heavy atom. The maximum atomic E-state index is 3.84. The molecule has 1 saturated heterocycles. The molecule has 0 amide bonds. The summed E-state index contributed by atoms with van der Waals surface area (Å²) in [5.74, 6) is 6.01. The van der Waals surface area contributed by atoms with Gasteiger partial charge in [-0.15, -0.1) is 0 Å². The Labute approximate surface area is 91.4 Å². The Balaban J connectivity index is 1.43. The first-order valence-corrected chi connectivity index (χ1v) is 7.40. The van der Waals surface area contributed by atoms with Gasteiger partial charge in [-0.25, -0.2) is 0 Å². The molecule has 0 bridgehead atoms. The molecular weight excluding hydrogens is 190 g/mol. The fraction of sp³-hybridized carbons (Fsp3) is 1.00. The molecule has 4 unspecified atom stereocenters. The van der Waals surface area contributed by atoms with Crippen LogP contribution < -0.4 is 5.32 Å². The summed E-state index contributed by atoms with van der Waals surface area (Å²) < 4.78 is 0. The van der Waals surface area contributed by atoms with Crippen molar-refractivity contribution in [1.82, 2.24) is 5.32 Å². The molecule has 1 nitrogen and oxygen atoms in total.